The smallest absolute Gasteiger partial charge is 0.143 e. The normalized spacial score (nSPS) is 20.8. The Hall–Kier alpha value is -0.700. The van der Waals surface area contributed by atoms with Crippen LogP contribution in [-0.4, -0.2) is 37.1 Å². The second kappa shape index (κ2) is 4.36. The number of ketones is 1. The molecule has 1 fully saturated rings. The van der Waals surface area contributed by atoms with Crippen molar-refractivity contribution in [3.63, 3.8) is 0 Å². The predicted octanol–water partition coefficient (Wildman–Crippen LogP) is 0.486. The van der Waals surface area contributed by atoms with Crippen LogP contribution < -0.4 is 0 Å². The minimum Gasteiger partial charge on any atom is -0.306 e. The zero-order chi connectivity index (χ0) is 8.97. The summed E-state index contributed by atoms with van der Waals surface area (Å²) in [5, 5.41) is 0. The second-order valence-electron chi connectivity index (χ2n) is 3.41. The van der Waals surface area contributed by atoms with Crippen LogP contribution in [0.15, 0.2) is 0 Å². The Morgan fingerprint density at radius 1 is 1.50 bits per heavy atom. The van der Waals surface area contributed by atoms with Crippen molar-refractivity contribution in [3.8, 4) is 0 Å². The first-order valence-corrected chi connectivity index (χ1v) is 4.39. The predicted molar refractivity (Wildman–Crippen MR) is 45.9 cm³/mol. The lowest BCUT2D eigenvalue weighted by molar-refractivity contribution is -0.126. The van der Waals surface area contributed by atoms with Gasteiger partial charge in [-0.05, 0) is 33.0 Å². The molecule has 3 nitrogen and oxygen atoms in total. The van der Waals surface area contributed by atoms with Gasteiger partial charge in [0, 0.05) is 5.92 Å². The molecule has 0 aliphatic carbocycles. The lowest BCUT2D eigenvalue weighted by Crippen LogP contribution is -2.33. The van der Waals surface area contributed by atoms with Gasteiger partial charge in [0.15, 0.2) is 0 Å². The molecule has 0 N–H and O–H groups in total. The maximum atomic E-state index is 11.3. The van der Waals surface area contributed by atoms with Gasteiger partial charge in [0.25, 0.3) is 0 Å². The molecule has 0 amide bonds. The molecule has 0 spiro atoms. The van der Waals surface area contributed by atoms with Crippen molar-refractivity contribution in [2.75, 3.05) is 20.1 Å². The molecule has 0 aromatic rings. The van der Waals surface area contributed by atoms with Crippen LogP contribution >= 0.6 is 0 Å². The Bertz CT molecular complexity index is 171. The summed E-state index contributed by atoms with van der Waals surface area (Å²) in [4.78, 5) is 23.6. The molecule has 0 radical (unpaired) electrons. The highest BCUT2D eigenvalue weighted by Crippen LogP contribution is 2.17. The summed E-state index contributed by atoms with van der Waals surface area (Å²) in [6.07, 6.45) is 2.65. The van der Waals surface area contributed by atoms with Crippen LogP contribution in [0, 0.1) is 5.92 Å². The summed E-state index contributed by atoms with van der Waals surface area (Å²) < 4.78 is 0. The minimum atomic E-state index is 0.106. The number of piperidine rings is 1. The standard InChI is InChI=1S/C9H15NO2/c1-10-5-2-8(3-6-10)9(12)4-7-11/h7-8H,2-6H2,1H3. The van der Waals surface area contributed by atoms with Gasteiger partial charge in [-0.2, -0.15) is 0 Å². The highest BCUT2D eigenvalue weighted by Gasteiger charge is 2.22. The van der Waals surface area contributed by atoms with Crippen molar-refractivity contribution in [2.24, 2.45) is 5.92 Å². The third-order valence-corrected chi connectivity index (χ3v) is 2.46. The van der Waals surface area contributed by atoms with Gasteiger partial charge in [-0.15, -0.1) is 0 Å². The Morgan fingerprint density at radius 3 is 2.58 bits per heavy atom. The SMILES string of the molecule is CN1CCC(C(=O)CC=O)CC1. The Kier molecular flexibility index (Phi) is 3.41. The van der Waals surface area contributed by atoms with E-state index in [2.05, 4.69) is 11.9 Å². The molecule has 3 heteroatoms. The van der Waals surface area contributed by atoms with Crippen molar-refractivity contribution in [3.05, 3.63) is 0 Å². The monoisotopic (exact) mass is 169 g/mol. The van der Waals surface area contributed by atoms with E-state index in [4.69, 9.17) is 0 Å². The molecule has 12 heavy (non-hydrogen) atoms. The van der Waals surface area contributed by atoms with E-state index in [0.717, 1.165) is 25.9 Å². The van der Waals surface area contributed by atoms with Crippen LogP contribution in [0.1, 0.15) is 19.3 Å². The zero-order valence-corrected chi connectivity index (χ0v) is 7.45. The van der Waals surface area contributed by atoms with Crippen molar-refractivity contribution >= 4 is 12.1 Å². The molecule has 1 saturated heterocycles. The van der Waals surface area contributed by atoms with Gasteiger partial charge in [-0.1, -0.05) is 0 Å². The Labute approximate surface area is 72.7 Å². The number of Topliss-reactive ketones (excluding diaryl/α,β-unsaturated/α-hetero) is 1. The quantitative estimate of drug-likeness (QED) is 0.455. The van der Waals surface area contributed by atoms with Gasteiger partial charge in [-0.3, -0.25) is 4.79 Å². The first kappa shape index (κ1) is 9.39. The minimum absolute atomic E-state index is 0.106. The molecule has 0 bridgehead atoms. The largest absolute Gasteiger partial charge is 0.306 e. The summed E-state index contributed by atoms with van der Waals surface area (Å²) in [6, 6.07) is 0. The van der Waals surface area contributed by atoms with Crippen LogP contribution in [0.2, 0.25) is 0 Å². The highest BCUT2D eigenvalue weighted by molar-refractivity contribution is 5.91. The number of carbonyl (C=O) groups excluding carboxylic acids is 2. The molecule has 0 atom stereocenters. The summed E-state index contributed by atoms with van der Waals surface area (Å²) in [6.45, 7) is 1.96. The third kappa shape index (κ3) is 2.41. The topological polar surface area (TPSA) is 37.4 Å². The van der Waals surface area contributed by atoms with E-state index in [0.29, 0.717) is 6.29 Å². The summed E-state index contributed by atoms with van der Waals surface area (Å²) in [7, 11) is 2.06. The van der Waals surface area contributed by atoms with Crippen LogP contribution in [0.4, 0.5) is 0 Å². The fourth-order valence-corrected chi connectivity index (χ4v) is 1.58. The maximum Gasteiger partial charge on any atom is 0.143 e. The summed E-state index contributed by atoms with van der Waals surface area (Å²) in [5.41, 5.74) is 0. The molecule has 68 valence electrons. The van der Waals surface area contributed by atoms with E-state index >= 15 is 0 Å². The molecular weight excluding hydrogens is 154 g/mol. The first-order valence-electron chi connectivity index (χ1n) is 4.39. The van der Waals surface area contributed by atoms with Crippen LogP contribution in [-0.2, 0) is 9.59 Å². The third-order valence-electron chi connectivity index (χ3n) is 2.46. The molecular formula is C9H15NO2. The lowest BCUT2D eigenvalue weighted by Gasteiger charge is -2.27. The van der Waals surface area contributed by atoms with E-state index in [1.807, 2.05) is 0 Å². The van der Waals surface area contributed by atoms with Crippen LogP contribution in [0.3, 0.4) is 0 Å². The zero-order valence-electron chi connectivity index (χ0n) is 7.45. The first-order chi connectivity index (χ1) is 5.74. The maximum absolute atomic E-state index is 11.3. The number of nitrogens with zero attached hydrogens (tertiary/aromatic N) is 1. The molecule has 1 heterocycles. The lowest BCUT2D eigenvalue weighted by atomic mass is 9.91. The number of likely N-dealkylation sites (tertiary alicyclic amines) is 1. The number of rotatable bonds is 3. The Balaban J connectivity index is 2.33. The van der Waals surface area contributed by atoms with E-state index in [-0.39, 0.29) is 18.1 Å². The van der Waals surface area contributed by atoms with Gasteiger partial charge in [-0.25, -0.2) is 0 Å². The average Bonchev–Trinajstić information content (AvgIpc) is 2.06. The van der Waals surface area contributed by atoms with Crippen molar-refractivity contribution in [1.29, 1.82) is 0 Å². The van der Waals surface area contributed by atoms with Crippen LogP contribution in [0.5, 0.6) is 0 Å². The second-order valence-corrected chi connectivity index (χ2v) is 3.41. The van der Waals surface area contributed by atoms with Gasteiger partial charge in [0.2, 0.25) is 0 Å². The van der Waals surface area contributed by atoms with Gasteiger partial charge >= 0.3 is 0 Å². The number of carbonyl (C=O) groups is 2. The van der Waals surface area contributed by atoms with Gasteiger partial charge in [0.1, 0.15) is 12.1 Å². The van der Waals surface area contributed by atoms with Gasteiger partial charge in [0.05, 0.1) is 6.42 Å². The fraction of sp³-hybridized carbons (Fsp3) is 0.778. The van der Waals surface area contributed by atoms with E-state index in [1.165, 1.54) is 0 Å². The van der Waals surface area contributed by atoms with Crippen molar-refractivity contribution in [1.82, 2.24) is 4.90 Å². The summed E-state index contributed by atoms with van der Waals surface area (Å²) in [5.74, 6) is 0.268. The Morgan fingerprint density at radius 2 is 2.08 bits per heavy atom. The highest BCUT2D eigenvalue weighted by atomic mass is 16.1. The molecule has 0 aromatic carbocycles. The average molecular weight is 169 g/mol. The number of hydrogen-bond acceptors (Lipinski definition) is 3. The molecule has 1 rings (SSSR count). The van der Waals surface area contributed by atoms with E-state index in [9.17, 15) is 9.59 Å². The van der Waals surface area contributed by atoms with Crippen molar-refractivity contribution in [2.45, 2.75) is 19.3 Å². The summed E-state index contributed by atoms with van der Waals surface area (Å²) >= 11 is 0. The molecule has 1 aliphatic heterocycles. The number of hydrogen-bond donors (Lipinski definition) is 0. The fourth-order valence-electron chi connectivity index (χ4n) is 1.58. The van der Waals surface area contributed by atoms with E-state index < -0.39 is 0 Å². The van der Waals surface area contributed by atoms with Gasteiger partial charge < -0.3 is 9.69 Å². The molecule has 1 aliphatic rings. The number of aldehydes is 1. The molecule has 0 aromatic heterocycles. The molecule has 0 saturated carbocycles. The van der Waals surface area contributed by atoms with Crippen molar-refractivity contribution < 1.29 is 9.59 Å². The van der Waals surface area contributed by atoms with E-state index in [1.54, 1.807) is 0 Å². The van der Waals surface area contributed by atoms with Crippen LogP contribution in [0.25, 0.3) is 0 Å². The molecule has 0 unspecified atom stereocenters.